The molecule has 0 spiro atoms. The Morgan fingerprint density at radius 1 is 1.14 bits per heavy atom. The molecule has 0 fully saturated rings. The Balaban J connectivity index is 1.63. The van der Waals surface area contributed by atoms with Crippen molar-refractivity contribution in [3.8, 4) is 0 Å². The number of anilines is 1. The van der Waals surface area contributed by atoms with Crippen LogP contribution in [0.25, 0.3) is 0 Å². The lowest BCUT2D eigenvalue weighted by Gasteiger charge is -2.05. The molecule has 2 heterocycles. The highest BCUT2D eigenvalue weighted by molar-refractivity contribution is 6.34. The lowest BCUT2D eigenvalue weighted by atomic mass is 10.2. The summed E-state index contributed by atoms with van der Waals surface area (Å²) in [6, 6.07) is 6.20. The molecule has 1 aromatic carbocycles. The molecule has 0 saturated carbocycles. The predicted molar refractivity (Wildman–Crippen MR) is 101 cm³/mol. The van der Waals surface area contributed by atoms with E-state index in [2.05, 4.69) is 25.8 Å². The fraction of sp³-hybridized carbons (Fsp3) is 0.111. The second-order valence-corrected chi connectivity index (χ2v) is 6.32. The van der Waals surface area contributed by atoms with Crippen LogP contribution < -0.4 is 16.4 Å². The van der Waals surface area contributed by atoms with E-state index in [1.807, 2.05) is 0 Å². The number of carbonyl (C=O) groups is 2. The van der Waals surface area contributed by atoms with E-state index in [9.17, 15) is 18.4 Å². The van der Waals surface area contributed by atoms with Crippen molar-refractivity contribution in [1.82, 2.24) is 20.5 Å². The monoisotopic (exact) mass is 420 g/mol. The predicted octanol–water partition coefficient (Wildman–Crippen LogP) is 2.38. The molecule has 150 valence electrons. The molecule has 0 unspecified atom stereocenters. The molecule has 2 aromatic heterocycles. The van der Waals surface area contributed by atoms with Gasteiger partial charge in [0, 0.05) is 18.8 Å². The quantitative estimate of drug-likeness (QED) is 0.455. The summed E-state index contributed by atoms with van der Waals surface area (Å²) < 4.78 is 26.5. The van der Waals surface area contributed by atoms with Gasteiger partial charge in [-0.25, -0.2) is 8.78 Å². The molecular weight excluding hydrogens is 406 g/mol. The molecule has 0 saturated heterocycles. The van der Waals surface area contributed by atoms with E-state index in [4.69, 9.17) is 17.3 Å². The van der Waals surface area contributed by atoms with Gasteiger partial charge in [0.25, 0.3) is 11.8 Å². The molecule has 0 radical (unpaired) electrons. The van der Waals surface area contributed by atoms with Crippen molar-refractivity contribution in [3.63, 3.8) is 0 Å². The van der Waals surface area contributed by atoms with Gasteiger partial charge < -0.3 is 16.4 Å². The van der Waals surface area contributed by atoms with Crippen LogP contribution in [0.15, 0.2) is 36.5 Å². The van der Waals surface area contributed by atoms with Gasteiger partial charge in [0.2, 0.25) is 0 Å². The zero-order valence-corrected chi connectivity index (χ0v) is 15.6. The smallest absolute Gasteiger partial charge is 0.272 e. The maximum Gasteiger partial charge on any atom is 0.272 e. The van der Waals surface area contributed by atoms with E-state index in [1.165, 1.54) is 6.07 Å². The summed E-state index contributed by atoms with van der Waals surface area (Å²) in [5.41, 5.74) is 6.81. The Morgan fingerprint density at radius 2 is 1.90 bits per heavy atom. The Labute approximate surface area is 168 Å². The highest BCUT2D eigenvalue weighted by Gasteiger charge is 2.17. The number of aromatic amines is 1. The van der Waals surface area contributed by atoms with E-state index in [0.717, 1.165) is 5.56 Å². The molecule has 8 nitrogen and oxygen atoms in total. The molecule has 0 aliphatic carbocycles. The minimum atomic E-state index is -1.21. The van der Waals surface area contributed by atoms with Gasteiger partial charge in [-0.2, -0.15) is 5.10 Å². The van der Waals surface area contributed by atoms with E-state index >= 15 is 0 Å². The summed E-state index contributed by atoms with van der Waals surface area (Å²) >= 11 is 5.77. The number of aromatic nitrogens is 3. The number of amides is 2. The van der Waals surface area contributed by atoms with Gasteiger partial charge in [0.1, 0.15) is 5.82 Å². The number of benzene rings is 1. The molecule has 0 atom stereocenters. The number of nitrogens with two attached hydrogens (primary N) is 1. The third-order valence-corrected chi connectivity index (χ3v) is 4.17. The maximum absolute atomic E-state index is 13.3. The average Bonchev–Trinajstić information content (AvgIpc) is 3.17. The number of nitrogens with zero attached hydrogens (tertiary/aromatic N) is 2. The van der Waals surface area contributed by atoms with Crippen LogP contribution >= 0.6 is 11.6 Å². The van der Waals surface area contributed by atoms with Crippen molar-refractivity contribution in [2.24, 2.45) is 5.73 Å². The van der Waals surface area contributed by atoms with E-state index in [0.29, 0.717) is 24.4 Å². The molecule has 0 aliphatic rings. The standard InChI is InChI=1S/C18H15ClF2N6O2/c19-12-5-14(21)13(20)4-11(12)17(28)25-16-6-15(26-27-16)18(29)24-8-10-3-9(7-22)1-2-23-10/h1-6H,7-8,22H2,(H,24,29)(H2,25,26,27,28). The Hall–Kier alpha value is -3.37. The SMILES string of the molecule is NCc1ccnc(CNC(=O)c2cc(NC(=O)c3cc(F)c(F)cc3Cl)[nH]n2)c1. The van der Waals surface area contributed by atoms with E-state index in [1.54, 1.807) is 18.3 Å². The number of hydrogen-bond acceptors (Lipinski definition) is 5. The molecule has 0 aliphatic heterocycles. The summed E-state index contributed by atoms with van der Waals surface area (Å²) in [6.45, 7) is 0.513. The number of carbonyl (C=O) groups excluding carboxylic acids is 2. The van der Waals surface area contributed by atoms with Crippen LogP contribution in [0, 0.1) is 11.6 Å². The fourth-order valence-corrected chi connectivity index (χ4v) is 2.64. The van der Waals surface area contributed by atoms with Crippen molar-refractivity contribution in [2.75, 3.05) is 5.32 Å². The molecule has 0 bridgehead atoms. The van der Waals surface area contributed by atoms with Gasteiger partial charge in [0.05, 0.1) is 22.8 Å². The van der Waals surface area contributed by atoms with Crippen LogP contribution in [0.2, 0.25) is 5.02 Å². The minimum absolute atomic E-state index is 0.00617. The molecule has 3 rings (SSSR count). The average molecular weight is 421 g/mol. The first-order chi connectivity index (χ1) is 13.9. The molecular formula is C18H15ClF2N6O2. The van der Waals surface area contributed by atoms with Crippen molar-refractivity contribution >= 4 is 29.2 Å². The first kappa shape index (κ1) is 20.4. The van der Waals surface area contributed by atoms with Gasteiger partial charge in [-0.15, -0.1) is 0 Å². The Morgan fingerprint density at radius 3 is 2.66 bits per heavy atom. The lowest BCUT2D eigenvalue weighted by molar-refractivity contribution is 0.0944. The van der Waals surface area contributed by atoms with Crippen LogP contribution in [-0.2, 0) is 13.1 Å². The van der Waals surface area contributed by atoms with Gasteiger partial charge >= 0.3 is 0 Å². The summed E-state index contributed by atoms with van der Waals surface area (Å²) in [5, 5.41) is 11.0. The zero-order chi connectivity index (χ0) is 21.0. The van der Waals surface area contributed by atoms with Gasteiger partial charge in [-0.05, 0) is 29.8 Å². The van der Waals surface area contributed by atoms with Gasteiger partial charge in [-0.3, -0.25) is 19.7 Å². The van der Waals surface area contributed by atoms with E-state index in [-0.39, 0.29) is 28.6 Å². The summed E-state index contributed by atoms with van der Waals surface area (Å²) in [6.07, 6.45) is 1.59. The fourth-order valence-electron chi connectivity index (χ4n) is 2.40. The second kappa shape index (κ2) is 8.76. The number of hydrogen-bond donors (Lipinski definition) is 4. The van der Waals surface area contributed by atoms with E-state index < -0.39 is 23.4 Å². The topological polar surface area (TPSA) is 126 Å². The molecule has 29 heavy (non-hydrogen) atoms. The van der Waals surface area contributed by atoms with Crippen molar-refractivity contribution < 1.29 is 18.4 Å². The first-order valence-electron chi connectivity index (χ1n) is 8.30. The Bertz CT molecular complexity index is 1070. The van der Waals surface area contributed by atoms with Gasteiger partial charge in [-0.1, -0.05) is 11.6 Å². The van der Waals surface area contributed by atoms with Crippen molar-refractivity contribution in [3.05, 3.63) is 75.7 Å². The van der Waals surface area contributed by atoms with Crippen molar-refractivity contribution in [2.45, 2.75) is 13.1 Å². The second-order valence-electron chi connectivity index (χ2n) is 5.91. The first-order valence-corrected chi connectivity index (χ1v) is 8.68. The van der Waals surface area contributed by atoms with Crippen LogP contribution in [0.1, 0.15) is 32.1 Å². The van der Waals surface area contributed by atoms with Crippen LogP contribution in [-0.4, -0.2) is 27.0 Å². The summed E-state index contributed by atoms with van der Waals surface area (Å²) in [4.78, 5) is 28.5. The third kappa shape index (κ3) is 4.92. The molecule has 5 N–H and O–H groups in total. The highest BCUT2D eigenvalue weighted by Crippen LogP contribution is 2.21. The summed E-state index contributed by atoms with van der Waals surface area (Å²) in [5.74, 6) is -3.61. The molecule has 11 heteroatoms. The normalized spacial score (nSPS) is 10.6. The number of halogens is 3. The molecule has 2 amide bonds. The maximum atomic E-state index is 13.3. The highest BCUT2D eigenvalue weighted by atomic mass is 35.5. The van der Waals surface area contributed by atoms with Crippen LogP contribution in [0.3, 0.4) is 0 Å². The lowest BCUT2D eigenvalue weighted by Crippen LogP contribution is -2.23. The van der Waals surface area contributed by atoms with Crippen LogP contribution in [0.4, 0.5) is 14.6 Å². The zero-order valence-electron chi connectivity index (χ0n) is 14.8. The number of H-pyrrole nitrogens is 1. The largest absolute Gasteiger partial charge is 0.345 e. The van der Waals surface area contributed by atoms with Gasteiger partial charge in [0.15, 0.2) is 17.3 Å². The number of pyridine rings is 1. The minimum Gasteiger partial charge on any atom is -0.345 e. The Kier molecular flexibility index (Phi) is 6.15. The van der Waals surface area contributed by atoms with Crippen LogP contribution in [0.5, 0.6) is 0 Å². The molecule has 3 aromatic rings. The summed E-state index contributed by atoms with van der Waals surface area (Å²) in [7, 11) is 0. The number of rotatable bonds is 6. The third-order valence-electron chi connectivity index (χ3n) is 3.86. The van der Waals surface area contributed by atoms with Crippen molar-refractivity contribution in [1.29, 1.82) is 0 Å². The number of nitrogens with one attached hydrogen (secondary N) is 3.